The topological polar surface area (TPSA) is 0 Å². The van der Waals surface area contributed by atoms with Gasteiger partial charge in [-0.15, -0.1) is 0 Å². The molecule has 0 fully saturated rings. The van der Waals surface area contributed by atoms with Gasteiger partial charge in [-0.05, 0) is 0 Å². The van der Waals surface area contributed by atoms with Gasteiger partial charge in [0.2, 0.25) is 0 Å². The highest BCUT2D eigenvalue weighted by molar-refractivity contribution is 8.76. The van der Waals surface area contributed by atoms with Gasteiger partial charge in [-0.1, -0.05) is 0 Å². The van der Waals surface area contributed by atoms with Gasteiger partial charge in [0.05, 0.1) is 0 Å². The lowest BCUT2D eigenvalue weighted by Crippen LogP contribution is -1.38. The van der Waals surface area contributed by atoms with Crippen LogP contribution < -0.4 is 0 Å². The molecule has 84 valence electrons. The van der Waals surface area contributed by atoms with Gasteiger partial charge in [-0.3, -0.25) is 0 Å². The first-order valence-corrected chi connectivity index (χ1v) is 19.5. The standard InChI is InChI=1S/S14/c1-3-5-7-9-11-13-14-12-10-8-6-4-2. The zero-order valence-corrected chi connectivity index (χ0v) is 17.1. The molecule has 0 unspecified atom stereocenters. The zero-order chi connectivity index (χ0) is 10.5. The molecule has 0 N–H and O–H groups in total. The third-order valence-corrected chi connectivity index (χ3v) is 24.7. The summed E-state index contributed by atoms with van der Waals surface area (Å²) in [6.45, 7) is 0. The summed E-state index contributed by atoms with van der Waals surface area (Å²) in [7, 11) is 19.9. The second kappa shape index (κ2) is 16.1. The van der Waals surface area contributed by atoms with E-state index >= 15 is 0 Å². The van der Waals surface area contributed by atoms with E-state index in [-0.39, 0.29) is 0 Å². The Kier molecular flexibility index (Phi) is 19.6. The lowest BCUT2D eigenvalue weighted by Gasteiger charge is -1.38. The molecule has 0 spiro atoms. The summed E-state index contributed by atoms with van der Waals surface area (Å²) in [6.07, 6.45) is 0. The van der Waals surface area contributed by atoms with E-state index in [1.165, 1.54) is 17.8 Å². The Labute approximate surface area is 126 Å². The first-order valence-electron chi connectivity index (χ1n) is 2.17. The number of hydrogen-bond donors (Lipinski definition) is 0. The van der Waals surface area contributed by atoms with Crippen LogP contribution in [0.25, 0.3) is 0 Å². The average molecular weight is 449 g/mol. The molecule has 0 aliphatic heterocycles. The number of hydrogen-bond acceptors (Lipinski definition) is 2. The molecule has 14 heteroatoms. The second-order valence-electron chi connectivity index (χ2n) is 0.816. The van der Waals surface area contributed by atoms with Gasteiger partial charge in [0.15, 0.2) is 0 Å². The van der Waals surface area contributed by atoms with Crippen molar-refractivity contribution in [1.82, 2.24) is 0 Å². The predicted octanol–water partition coefficient (Wildman–Crippen LogP) is -0.0336. The predicted molar refractivity (Wildman–Crippen MR) is 103 cm³/mol. The van der Waals surface area contributed by atoms with Crippen molar-refractivity contribution in [3.05, 3.63) is 0 Å². The summed E-state index contributed by atoms with van der Waals surface area (Å²) >= 11 is 9.43. The molecule has 0 rings (SSSR count). The maximum absolute atomic E-state index is 4.71. The highest BCUT2D eigenvalue weighted by Crippen LogP contribution is 1.39. The first kappa shape index (κ1) is 17.1. The maximum atomic E-state index is 4.71. The molecule has 0 aliphatic rings. The molecular formula is S14. The highest BCUT2D eigenvalue weighted by Gasteiger charge is 1.39. The Morgan fingerprint density at radius 1 is 0.357 bits per heavy atom. The molecule has 0 atom stereocenters. The van der Waals surface area contributed by atoms with E-state index in [1.54, 1.807) is 88.8 Å². The Morgan fingerprint density at radius 3 is 0.786 bits per heavy atom. The Morgan fingerprint density at radius 2 is 0.571 bits per heavy atom. The normalized spacial score (nSPS) is 7.14. The summed E-state index contributed by atoms with van der Waals surface area (Å²) in [4.78, 5) is 0. The maximum Gasteiger partial charge on any atom is 0 e. The molecule has 0 aromatic heterocycles. The molecule has 0 heterocycles. The third kappa shape index (κ3) is 15.1. The van der Waals surface area contributed by atoms with Crippen molar-refractivity contribution in [1.29, 1.82) is 0 Å². The van der Waals surface area contributed by atoms with E-state index in [4.69, 9.17) is 22.4 Å². The molecule has 0 amide bonds. The molecule has 0 saturated heterocycles. The fourth-order valence-electron chi connectivity index (χ4n) is 0.113. The summed E-state index contributed by atoms with van der Waals surface area (Å²) < 4.78 is 0. The molecule has 0 aliphatic carbocycles. The third-order valence-electron chi connectivity index (χ3n) is 0.306. The lowest BCUT2D eigenvalue weighted by molar-refractivity contribution is 5.98. The summed E-state index contributed by atoms with van der Waals surface area (Å²) in [5.74, 6) is 0. The van der Waals surface area contributed by atoms with Gasteiger partial charge < -0.3 is 0 Å². The van der Waals surface area contributed by atoms with Crippen LogP contribution in [0.1, 0.15) is 0 Å². The van der Waals surface area contributed by atoms with E-state index in [0.29, 0.717) is 0 Å². The van der Waals surface area contributed by atoms with E-state index in [0.717, 1.165) is 0 Å². The SMILES string of the molecule is S=S=S=S=S=S=S=S=S=S=S=S=S=S. The van der Waals surface area contributed by atoms with Gasteiger partial charge in [0, 0.05) is 129 Å². The summed E-state index contributed by atoms with van der Waals surface area (Å²) in [5, 5.41) is 0. The smallest absolute Gasteiger partial charge is 0 e. The van der Waals surface area contributed by atoms with Gasteiger partial charge in [-0.2, -0.15) is 0 Å². The van der Waals surface area contributed by atoms with Gasteiger partial charge in [0.1, 0.15) is 0 Å². The first-order chi connectivity index (χ1) is 6.91. The monoisotopic (exact) mass is 448 g/mol. The van der Waals surface area contributed by atoms with Crippen molar-refractivity contribution < 1.29 is 0 Å². The Hall–Kier alpha value is 3.08. The van der Waals surface area contributed by atoms with Crippen LogP contribution in [0, 0.1) is 0 Å². The molecular weight excluding hydrogens is 449 g/mol. The van der Waals surface area contributed by atoms with Crippen molar-refractivity contribution in [3.63, 3.8) is 0 Å². The van der Waals surface area contributed by atoms with Gasteiger partial charge >= 0.3 is 0 Å². The van der Waals surface area contributed by atoms with Crippen LogP contribution in [0.4, 0.5) is 0 Å². The van der Waals surface area contributed by atoms with Crippen LogP contribution in [-0.2, 0) is 129 Å². The van der Waals surface area contributed by atoms with Crippen LogP contribution in [0.15, 0.2) is 0 Å². The molecule has 0 bridgehead atoms. The molecule has 14 heavy (non-hydrogen) atoms. The van der Waals surface area contributed by atoms with Crippen LogP contribution in [-0.4, -0.2) is 0 Å². The van der Waals surface area contributed by atoms with Crippen LogP contribution in [0.5, 0.6) is 0 Å². The van der Waals surface area contributed by atoms with Crippen LogP contribution in [0.3, 0.4) is 0 Å². The molecule has 0 aromatic rings. The highest BCUT2D eigenvalue weighted by atomic mass is 33.5. The molecule has 0 saturated carbocycles. The number of rotatable bonds is 0. The lowest BCUT2D eigenvalue weighted by atomic mass is 30.7. The van der Waals surface area contributed by atoms with Crippen molar-refractivity contribution in [2.24, 2.45) is 0 Å². The molecule has 0 nitrogen and oxygen atoms in total. The zero-order valence-electron chi connectivity index (χ0n) is 5.72. The van der Waals surface area contributed by atoms with Gasteiger partial charge in [-0.25, -0.2) is 0 Å². The average Bonchev–Trinajstić information content (AvgIpc) is 2.21. The summed E-state index contributed by atoms with van der Waals surface area (Å²) in [5.41, 5.74) is 0. The minimum Gasteiger partial charge on any atom is 0 e. The van der Waals surface area contributed by atoms with E-state index in [2.05, 4.69) is 0 Å². The van der Waals surface area contributed by atoms with Crippen molar-refractivity contribution in [2.45, 2.75) is 0 Å². The minimum absolute atomic E-state index is 1.36. The quantitative estimate of drug-likeness (QED) is 0.510. The fraction of sp³-hybridized carbons (Fsp3) is 0. The van der Waals surface area contributed by atoms with Crippen molar-refractivity contribution in [3.8, 4) is 0 Å². The van der Waals surface area contributed by atoms with Crippen LogP contribution >= 0.6 is 0 Å². The Balaban J connectivity index is 5.57. The Bertz CT molecular complexity index is 568. The van der Waals surface area contributed by atoms with E-state index < -0.39 is 0 Å². The van der Waals surface area contributed by atoms with Crippen molar-refractivity contribution in [2.75, 3.05) is 0 Å². The van der Waals surface area contributed by atoms with E-state index in [1.807, 2.05) is 0 Å². The van der Waals surface area contributed by atoms with Gasteiger partial charge in [0.25, 0.3) is 0 Å². The second-order valence-corrected chi connectivity index (χ2v) is 22.0. The van der Waals surface area contributed by atoms with E-state index in [9.17, 15) is 0 Å². The largest absolute Gasteiger partial charge is 0 e. The fourth-order valence-corrected chi connectivity index (χ4v) is 27.6. The van der Waals surface area contributed by atoms with Crippen molar-refractivity contribution >= 4 is 129 Å². The minimum atomic E-state index is 1.36. The molecule has 0 aromatic carbocycles. The summed E-state index contributed by atoms with van der Waals surface area (Å²) in [6, 6.07) is 0. The molecule has 0 radical (unpaired) electrons. The van der Waals surface area contributed by atoms with Crippen LogP contribution in [0.2, 0.25) is 0 Å².